The molecular weight excluding hydrogens is 430 g/mol. The molecule has 140 valence electrons. The molecule has 4 aromatic rings. The molecule has 0 spiro atoms. The second kappa shape index (κ2) is 6.89. The predicted octanol–water partition coefficient (Wildman–Crippen LogP) is 3.76. The molecule has 0 unspecified atom stereocenters. The van der Waals surface area contributed by atoms with E-state index in [0.717, 1.165) is 0 Å². The van der Waals surface area contributed by atoms with Crippen molar-refractivity contribution in [1.29, 1.82) is 0 Å². The first kappa shape index (κ1) is 17.9. The first-order valence-electron chi connectivity index (χ1n) is 8.06. The van der Waals surface area contributed by atoms with Gasteiger partial charge >= 0.3 is 0 Å². The van der Waals surface area contributed by atoms with E-state index in [2.05, 4.69) is 31.0 Å². The van der Waals surface area contributed by atoms with Crippen LogP contribution in [0.3, 0.4) is 0 Å². The number of non-ortho nitro benzene ring substituents is 1. The molecule has 0 atom stereocenters. The Labute approximate surface area is 165 Å². The number of fused-ring (bicyclic) bond motifs is 1. The van der Waals surface area contributed by atoms with Crippen LogP contribution in [0.15, 0.2) is 50.2 Å². The molecule has 0 aliphatic carbocycles. The van der Waals surface area contributed by atoms with Crippen LogP contribution in [-0.2, 0) is 7.05 Å². The average molecular weight is 442 g/mol. The minimum Gasteiger partial charge on any atom is -0.457 e. The van der Waals surface area contributed by atoms with E-state index in [9.17, 15) is 14.9 Å². The number of halogens is 1. The molecule has 28 heavy (non-hydrogen) atoms. The second-order valence-corrected chi connectivity index (χ2v) is 6.77. The van der Waals surface area contributed by atoms with Crippen molar-refractivity contribution in [2.45, 2.75) is 0 Å². The smallest absolute Gasteiger partial charge is 0.270 e. The molecule has 0 bridgehead atoms. The lowest BCUT2D eigenvalue weighted by Crippen LogP contribution is -2.09. The molecule has 0 aliphatic rings. The highest BCUT2D eigenvalue weighted by atomic mass is 79.9. The van der Waals surface area contributed by atoms with Crippen LogP contribution < -0.4 is 5.56 Å². The summed E-state index contributed by atoms with van der Waals surface area (Å²) in [5.41, 5.74) is 0.891. The van der Waals surface area contributed by atoms with E-state index < -0.39 is 4.92 Å². The van der Waals surface area contributed by atoms with Crippen molar-refractivity contribution in [2.75, 3.05) is 0 Å². The maximum Gasteiger partial charge on any atom is 0.270 e. The number of benzene rings is 1. The van der Waals surface area contributed by atoms with Gasteiger partial charge in [0.25, 0.3) is 11.2 Å². The number of H-pyrrole nitrogens is 1. The van der Waals surface area contributed by atoms with Crippen molar-refractivity contribution in [3.05, 3.63) is 73.1 Å². The van der Waals surface area contributed by atoms with Gasteiger partial charge in [0.15, 0.2) is 5.65 Å². The standard InChI is InChI=1S/C18H12BrN5O4/c1-23-17-13(9-20-23)18(25)22-16(21-17)7-4-11-3-6-15(28-11)12-5-2-10(24(26)27)8-14(12)19/h2-9H,1H3,(H,21,22,25)/b7-4+. The summed E-state index contributed by atoms with van der Waals surface area (Å²) >= 11 is 3.33. The van der Waals surface area contributed by atoms with Crippen LogP contribution in [0, 0.1) is 10.1 Å². The Morgan fingerprint density at radius 1 is 1.29 bits per heavy atom. The molecule has 3 aromatic heterocycles. The molecule has 1 aromatic carbocycles. The van der Waals surface area contributed by atoms with E-state index in [-0.39, 0.29) is 11.2 Å². The van der Waals surface area contributed by atoms with Crippen LogP contribution in [0.1, 0.15) is 11.6 Å². The fraction of sp³-hybridized carbons (Fsp3) is 0.0556. The third kappa shape index (κ3) is 3.25. The number of nitrogens with one attached hydrogen (secondary N) is 1. The number of aromatic nitrogens is 4. The molecule has 0 aliphatic heterocycles. The van der Waals surface area contributed by atoms with Gasteiger partial charge in [-0.15, -0.1) is 0 Å². The number of hydrogen-bond acceptors (Lipinski definition) is 6. The molecule has 4 rings (SSSR count). The molecular formula is C18H12BrN5O4. The number of furan rings is 1. The summed E-state index contributed by atoms with van der Waals surface area (Å²) in [7, 11) is 1.71. The van der Waals surface area contributed by atoms with Crippen molar-refractivity contribution in [1.82, 2.24) is 19.7 Å². The Kier molecular flexibility index (Phi) is 4.40. The van der Waals surface area contributed by atoms with Crippen molar-refractivity contribution < 1.29 is 9.34 Å². The van der Waals surface area contributed by atoms with E-state index in [1.165, 1.54) is 23.0 Å². The van der Waals surface area contributed by atoms with Gasteiger partial charge in [-0.2, -0.15) is 5.10 Å². The molecule has 3 heterocycles. The summed E-state index contributed by atoms with van der Waals surface area (Å²) in [6.45, 7) is 0. The second-order valence-electron chi connectivity index (χ2n) is 5.91. The van der Waals surface area contributed by atoms with Gasteiger partial charge in [0.05, 0.1) is 11.1 Å². The van der Waals surface area contributed by atoms with E-state index in [1.807, 2.05) is 0 Å². The lowest BCUT2D eigenvalue weighted by atomic mass is 10.1. The first-order valence-corrected chi connectivity index (χ1v) is 8.86. The van der Waals surface area contributed by atoms with Crippen molar-refractivity contribution >= 4 is 44.8 Å². The summed E-state index contributed by atoms with van der Waals surface area (Å²) in [4.78, 5) is 29.5. The van der Waals surface area contributed by atoms with Crippen molar-refractivity contribution in [3.8, 4) is 11.3 Å². The van der Waals surface area contributed by atoms with E-state index in [0.29, 0.717) is 38.4 Å². The van der Waals surface area contributed by atoms with Gasteiger partial charge in [-0.05, 0) is 46.3 Å². The minimum absolute atomic E-state index is 0.0112. The van der Waals surface area contributed by atoms with Crippen LogP contribution in [0.4, 0.5) is 5.69 Å². The van der Waals surface area contributed by atoms with Crippen molar-refractivity contribution in [2.24, 2.45) is 7.05 Å². The van der Waals surface area contributed by atoms with Gasteiger partial charge in [-0.1, -0.05) is 0 Å². The topological polar surface area (TPSA) is 120 Å². The molecule has 9 nitrogen and oxygen atoms in total. The number of nitro benzene ring substituents is 1. The highest BCUT2D eigenvalue weighted by molar-refractivity contribution is 9.10. The molecule has 1 N–H and O–H groups in total. The predicted molar refractivity (Wildman–Crippen MR) is 107 cm³/mol. The monoisotopic (exact) mass is 441 g/mol. The van der Waals surface area contributed by atoms with Crippen molar-refractivity contribution in [3.63, 3.8) is 0 Å². The zero-order chi connectivity index (χ0) is 19.8. The summed E-state index contributed by atoms with van der Waals surface area (Å²) in [5, 5.41) is 15.3. The Hall–Kier alpha value is -3.53. The largest absolute Gasteiger partial charge is 0.457 e. The normalized spacial score (nSPS) is 11.5. The zero-order valence-electron chi connectivity index (χ0n) is 14.4. The van der Waals surface area contributed by atoms with E-state index in [1.54, 1.807) is 37.4 Å². The molecule has 10 heteroatoms. The minimum atomic E-state index is -0.461. The third-order valence-corrected chi connectivity index (χ3v) is 4.74. The molecule has 0 fully saturated rings. The fourth-order valence-electron chi connectivity index (χ4n) is 2.69. The number of nitro groups is 1. The SMILES string of the molecule is Cn1ncc2c(=O)[nH]c(/C=C/c3ccc(-c4ccc([N+](=O)[O-])cc4Br)o3)nc21. The summed E-state index contributed by atoms with van der Waals surface area (Å²) in [6.07, 6.45) is 4.76. The lowest BCUT2D eigenvalue weighted by molar-refractivity contribution is -0.384. The van der Waals surface area contributed by atoms with Crippen LogP contribution in [0.5, 0.6) is 0 Å². The number of aryl methyl sites for hydroxylation is 1. The van der Waals surface area contributed by atoms with Gasteiger partial charge in [-0.3, -0.25) is 19.6 Å². The van der Waals surface area contributed by atoms with E-state index in [4.69, 9.17) is 4.42 Å². The van der Waals surface area contributed by atoms with Crippen LogP contribution in [-0.4, -0.2) is 24.7 Å². The number of nitrogens with zero attached hydrogens (tertiary/aromatic N) is 4. The summed E-state index contributed by atoms with van der Waals surface area (Å²) in [6, 6.07) is 7.96. The molecule has 0 saturated carbocycles. The van der Waals surface area contributed by atoms with Crippen LogP contribution in [0.2, 0.25) is 0 Å². The molecule has 0 amide bonds. The lowest BCUT2D eigenvalue weighted by Gasteiger charge is -2.00. The zero-order valence-corrected chi connectivity index (χ0v) is 16.0. The maximum atomic E-state index is 12.1. The van der Waals surface area contributed by atoms with Gasteiger partial charge in [0.1, 0.15) is 22.7 Å². The highest BCUT2D eigenvalue weighted by Crippen LogP contribution is 2.32. The van der Waals surface area contributed by atoms with Crippen LogP contribution >= 0.6 is 15.9 Å². The Bertz CT molecular complexity index is 1300. The Balaban J connectivity index is 1.63. The van der Waals surface area contributed by atoms with Gasteiger partial charge < -0.3 is 9.40 Å². The van der Waals surface area contributed by atoms with Gasteiger partial charge in [0.2, 0.25) is 0 Å². The molecule has 0 saturated heterocycles. The van der Waals surface area contributed by atoms with E-state index >= 15 is 0 Å². The van der Waals surface area contributed by atoms with Gasteiger partial charge in [-0.25, -0.2) is 4.98 Å². The summed E-state index contributed by atoms with van der Waals surface area (Å²) in [5.74, 6) is 1.45. The third-order valence-electron chi connectivity index (χ3n) is 4.08. The number of hydrogen-bond donors (Lipinski definition) is 1. The fourth-order valence-corrected chi connectivity index (χ4v) is 3.26. The Morgan fingerprint density at radius 3 is 2.86 bits per heavy atom. The maximum absolute atomic E-state index is 12.1. The highest BCUT2D eigenvalue weighted by Gasteiger charge is 2.13. The summed E-state index contributed by atoms with van der Waals surface area (Å²) < 4.78 is 7.86. The number of aromatic amines is 1. The van der Waals surface area contributed by atoms with Gasteiger partial charge in [0, 0.05) is 29.2 Å². The average Bonchev–Trinajstić information content (AvgIpc) is 3.27. The Morgan fingerprint density at radius 2 is 2.11 bits per heavy atom. The number of rotatable bonds is 4. The first-order chi connectivity index (χ1) is 13.4. The van der Waals surface area contributed by atoms with Crippen LogP contribution in [0.25, 0.3) is 34.5 Å². The quantitative estimate of drug-likeness (QED) is 0.380. The molecule has 0 radical (unpaired) electrons.